The summed E-state index contributed by atoms with van der Waals surface area (Å²) >= 11 is 0.468. The monoisotopic (exact) mass is 1050 g/mol. The van der Waals surface area contributed by atoms with Crippen LogP contribution in [0.15, 0.2) is 211 Å². The van der Waals surface area contributed by atoms with E-state index in [1.807, 2.05) is 43.3 Å². The third-order valence-corrected chi connectivity index (χ3v) is 15.4. The quantitative estimate of drug-likeness (QED) is 0.0377. The Morgan fingerprint density at radius 2 is 0.750 bits per heavy atom. The van der Waals surface area contributed by atoms with Gasteiger partial charge >= 0.3 is 0 Å². The second-order valence-electron chi connectivity index (χ2n) is 14.8. The van der Waals surface area contributed by atoms with Crippen LogP contribution in [0, 0.1) is 6.92 Å². The van der Waals surface area contributed by atoms with E-state index in [4.69, 9.17) is 24.2 Å². The summed E-state index contributed by atoms with van der Waals surface area (Å²) < 4.78 is 116. The molecule has 0 heterocycles. The van der Waals surface area contributed by atoms with E-state index in [0.717, 1.165) is 40.5 Å². The summed E-state index contributed by atoms with van der Waals surface area (Å²) in [4.78, 5) is -1.22. The molecule has 8 aromatic carbocycles. The predicted octanol–water partition coefficient (Wildman–Crippen LogP) is 14.6. The number of hydrogen-bond acceptors (Lipinski definition) is 14. The molecule has 0 radical (unpaired) electrons. The van der Waals surface area contributed by atoms with Crippen LogP contribution in [0.25, 0.3) is 22.3 Å². The van der Waals surface area contributed by atoms with E-state index in [0.29, 0.717) is 35.0 Å². The van der Waals surface area contributed by atoms with Crippen LogP contribution in [0.2, 0.25) is 0 Å². The molecule has 0 spiro atoms. The largest absolute Gasteiger partial charge is 0.495 e. The number of sulfone groups is 2. The zero-order valence-corrected chi connectivity index (χ0v) is 39.0. The van der Waals surface area contributed by atoms with Crippen molar-refractivity contribution in [3.63, 3.8) is 0 Å². The lowest BCUT2D eigenvalue weighted by Crippen LogP contribution is -2.07. The van der Waals surface area contributed by atoms with Crippen LogP contribution in [0.3, 0.4) is 0 Å². The Balaban J connectivity index is 0.00000281. The van der Waals surface area contributed by atoms with Crippen LogP contribution in [0.4, 0.5) is 0 Å². The standard InChI is InChI=1S/C50H38O14S4.4CH4/c1-33-3-5-34(6-4-33)35-7-13-38(14-8-35)60-40-19-23-43(24-20-40)66(52,53)44-25-21-41(22-26-44)61-39-15-9-36(10-16-39)37-11-17-42(18-12-37)62-48-30-28-46(32-50(48)68(56,57)58)67(54,55)45-27-29-47(59-2)49(31-45)65-64-63-51;;;;/h3-32,51H,1-2H3,(H,56,57,58);4*1H4. The Hall–Kier alpha value is -7.00. The zero-order chi connectivity index (χ0) is 48.1. The van der Waals surface area contributed by atoms with Gasteiger partial charge in [-0.3, -0.25) is 4.55 Å². The lowest BCUT2D eigenvalue weighted by molar-refractivity contribution is -0.432. The van der Waals surface area contributed by atoms with Crippen LogP contribution >= 0.6 is 12.0 Å². The highest BCUT2D eigenvalue weighted by molar-refractivity contribution is 7.95. The summed E-state index contributed by atoms with van der Waals surface area (Å²) in [7, 11) is -11.9. The molecule has 18 heteroatoms. The summed E-state index contributed by atoms with van der Waals surface area (Å²) in [6, 6.07) is 48.6. The van der Waals surface area contributed by atoms with Gasteiger partial charge in [0.15, 0.2) is 0 Å². The molecule has 378 valence electrons. The van der Waals surface area contributed by atoms with Crippen molar-refractivity contribution in [1.82, 2.24) is 0 Å². The zero-order valence-electron chi connectivity index (χ0n) is 35.7. The number of methoxy groups -OCH3 is 1. The number of aryl methyl sites for hydroxylation is 1. The fourth-order valence-electron chi connectivity index (χ4n) is 6.82. The molecule has 72 heavy (non-hydrogen) atoms. The van der Waals surface area contributed by atoms with Gasteiger partial charge in [0.25, 0.3) is 10.1 Å². The van der Waals surface area contributed by atoms with Crippen LogP contribution < -0.4 is 18.9 Å². The van der Waals surface area contributed by atoms with Gasteiger partial charge in [-0.1, -0.05) is 101 Å². The topological polar surface area (TPSA) is 198 Å². The molecular formula is C54H54O14S4. The maximum absolute atomic E-state index is 13.5. The van der Waals surface area contributed by atoms with E-state index in [1.54, 1.807) is 60.7 Å². The van der Waals surface area contributed by atoms with Crippen LogP contribution in [0.5, 0.6) is 40.2 Å². The van der Waals surface area contributed by atoms with Gasteiger partial charge in [0, 0.05) is 0 Å². The fraction of sp³-hybridized carbons (Fsp3) is 0.111. The maximum Gasteiger partial charge on any atom is 0.298 e. The number of rotatable bonds is 17. The second-order valence-corrected chi connectivity index (χ2v) is 20.8. The van der Waals surface area contributed by atoms with Gasteiger partial charge in [0.05, 0.1) is 43.6 Å². The first kappa shape index (κ1) is 57.6. The Morgan fingerprint density at radius 3 is 1.14 bits per heavy atom. The smallest absolute Gasteiger partial charge is 0.298 e. The van der Waals surface area contributed by atoms with Crippen LogP contribution in [-0.4, -0.2) is 42.2 Å². The van der Waals surface area contributed by atoms with Crippen molar-refractivity contribution in [3.05, 3.63) is 188 Å². The van der Waals surface area contributed by atoms with E-state index >= 15 is 0 Å². The highest BCUT2D eigenvalue weighted by Crippen LogP contribution is 2.38. The van der Waals surface area contributed by atoms with Gasteiger partial charge in [-0.2, -0.15) is 8.42 Å². The van der Waals surface area contributed by atoms with Gasteiger partial charge in [-0.15, -0.1) is 4.33 Å². The first-order valence-corrected chi connectivity index (χ1v) is 25.3. The Kier molecular flexibility index (Phi) is 19.5. The van der Waals surface area contributed by atoms with Crippen molar-refractivity contribution in [2.24, 2.45) is 0 Å². The minimum Gasteiger partial charge on any atom is -0.495 e. The van der Waals surface area contributed by atoms with Crippen LogP contribution in [-0.2, 0) is 39.2 Å². The number of benzene rings is 8. The van der Waals surface area contributed by atoms with Crippen molar-refractivity contribution in [2.45, 2.75) is 66.0 Å². The number of ether oxygens (including phenoxy) is 4. The minimum atomic E-state index is -4.99. The lowest BCUT2D eigenvalue weighted by atomic mass is 10.0. The normalized spacial score (nSPS) is 11.1. The van der Waals surface area contributed by atoms with E-state index in [-0.39, 0.29) is 66.5 Å². The Bertz CT molecular complexity index is 3400. The van der Waals surface area contributed by atoms with Gasteiger partial charge in [-0.05, 0) is 151 Å². The maximum atomic E-state index is 13.5. The first-order valence-electron chi connectivity index (χ1n) is 20.2. The summed E-state index contributed by atoms with van der Waals surface area (Å²) in [6.07, 6.45) is 0. The molecule has 0 unspecified atom stereocenters. The molecule has 8 rings (SSSR count). The second kappa shape index (κ2) is 24.4. The molecule has 0 aliphatic rings. The molecule has 0 saturated carbocycles. The molecule has 8 aromatic rings. The highest BCUT2D eigenvalue weighted by Gasteiger charge is 2.26. The molecule has 0 fully saturated rings. The average molecular weight is 1060 g/mol. The highest BCUT2D eigenvalue weighted by atomic mass is 32.2. The van der Waals surface area contributed by atoms with E-state index in [9.17, 15) is 29.8 Å². The summed E-state index contributed by atoms with van der Waals surface area (Å²) in [5, 5.41) is 12.1. The summed E-state index contributed by atoms with van der Waals surface area (Å²) in [5.74, 6) is 2.07. The van der Waals surface area contributed by atoms with Crippen molar-refractivity contribution in [3.8, 4) is 62.5 Å². The Morgan fingerprint density at radius 1 is 0.417 bits per heavy atom. The molecule has 0 atom stereocenters. The molecule has 0 saturated heterocycles. The van der Waals surface area contributed by atoms with Gasteiger partial charge in [-0.25, -0.2) is 22.1 Å². The van der Waals surface area contributed by atoms with Gasteiger partial charge in [0.2, 0.25) is 19.7 Å². The molecule has 0 aliphatic carbocycles. The molecule has 0 aromatic heterocycles. The van der Waals surface area contributed by atoms with E-state index < -0.39 is 39.6 Å². The van der Waals surface area contributed by atoms with Gasteiger partial charge in [0.1, 0.15) is 45.1 Å². The van der Waals surface area contributed by atoms with Crippen LogP contribution in [0.1, 0.15) is 35.3 Å². The summed E-state index contributed by atoms with van der Waals surface area (Å²) in [6.45, 7) is 2.04. The third kappa shape index (κ3) is 13.3. The SMILES string of the molecule is C.C.C.C.COc1ccc(S(=O)(=O)c2ccc(Oc3ccc(-c4ccc(Oc5ccc(S(=O)(=O)c6ccc(Oc7ccc(-c8ccc(C)cc8)cc7)cc6)cc5)cc4)cc3)c(S(=O)(=O)O)c2)cc1SOOO. The fourth-order valence-corrected chi connectivity index (χ4v) is 10.7. The van der Waals surface area contributed by atoms with Crippen molar-refractivity contribution >= 4 is 41.8 Å². The lowest BCUT2D eigenvalue weighted by Gasteiger charge is -2.13. The predicted molar refractivity (Wildman–Crippen MR) is 279 cm³/mol. The summed E-state index contributed by atoms with van der Waals surface area (Å²) in [5.41, 5.74) is 4.89. The first-order chi connectivity index (χ1) is 32.6. The van der Waals surface area contributed by atoms with Crippen molar-refractivity contribution in [1.29, 1.82) is 0 Å². The van der Waals surface area contributed by atoms with Crippen molar-refractivity contribution < 1.29 is 63.4 Å². The molecule has 14 nitrogen and oxygen atoms in total. The minimum absolute atomic E-state index is 0. The van der Waals surface area contributed by atoms with E-state index in [1.165, 1.54) is 55.1 Å². The third-order valence-electron chi connectivity index (χ3n) is 10.4. The molecular weight excluding hydrogens is 1000 g/mol. The molecule has 0 bridgehead atoms. The van der Waals surface area contributed by atoms with Crippen molar-refractivity contribution in [2.75, 3.05) is 7.11 Å². The van der Waals surface area contributed by atoms with E-state index in [2.05, 4.69) is 33.6 Å². The molecule has 0 amide bonds. The number of hydrogen-bond donors (Lipinski definition) is 2. The molecule has 2 N–H and O–H groups in total. The van der Waals surface area contributed by atoms with Gasteiger partial charge < -0.3 is 18.9 Å². The molecule has 0 aliphatic heterocycles. The Labute approximate surface area is 426 Å². The average Bonchev–Trinajstić information content (AvgIpc) is 3.34.